The van der Waals surface area contributed by atoms with Crippen LogP contribution >= 0.6 is 11.3 Å². The number of aromatic nitrogens is 3. The highest BCUT2D eigenvalue weighted by Crippen LogP contribution is 2.27. The van der Waals surface area contributed by atoms with Crippen LogP contribution in [0.4, 0.5) is 0 Å². The van der Waals surface area contributed by atoms with Gasteiger partial charge in [0.25, 0.3) is 5.56 Å². The molecule has 4 heterocycles. The molecule has 6 nitrogen and oxygen atoms in total. The van der Waals surface area contributed by atoms with E-state index in [1.807, 2.05) is 24.4 Å². The van der Waals surface area contributed by atoms with Crippen molar-refractivity contribution in [1.82, 2.24) is 19.9 Å². The molecule has 0 saturated carbocycles. The second-order valence-corrected chi connectivity index (χ2v) is 8.70. The van der Waals surface area contributed by atoms with Crippen molar-refractivity contribution in [1.29, 1.82) is 0 Å². The average Bonchev–Trinajstić information content (AvgIpc) is 3.24. The van der Waals surface area contributed by atoms with Gasteiger partial charge in [0.05, 0.1) is 17.0 Å². The van der Waals surface area contributed by atoms with E-state index in [1.165, 1.54) is 4.88 Å². The molecule has 148 valence electrons. The molecule has 0 unspecified atom stereocenters. The smallest absolute Gasteiger partial charge is 0.255 e. The zero-order chi connectivity index (χ0) is 19.6. The lowest BCUT2D eigenvalue weighted by molar-refractivity contribution is 0.243. The molecule has 2 aliphatic heterocycles. The van der Waals surface area contributed by atoms with Crippen LogP contribution in [0.5, 0.6) is 0 Å². The van der Waals surface area contributed by atoms with Crippen LogP contribution in [-0.4, -0.2) is 38.7 Å². The van der Waals surface area contributed by atoms with Crippen molar-refractivity contribution < 1.29 is 0 Å². The van der Waals surface area contributed by atoms with Crippen LogP contribution in [0, 0.1) is 0 Å². The summed E-state index contributed by atoms with van der Waals surface area (Å²) in [6, 6.07) is 10.2. The quantitative estimate of drug-likeness (QED) is 0.722. The minimum Gasteiger partial charge on any atom is -0.305 e. The van der Waals surface area contributed by atoms with Crippen LogP contribution in [0.3, 0.4) is 0 Å². The van der Waals surface area contributed by atoms with E-state index < -0.39 is 0 Å². The Morgan fingerprint density at radius 1 is 1.14 bits per heavy atom. The summed E-state index contributed by atoms with van der Waals surface area (Å²) < 4.78 is 0. The Hall–Kier alpha value is -2.64. The number of hydrogen-bond acceptors (Lipinski definition) is 6. The fourth-order valence-electron chi connectivity index (χ4n) is 3.96. The van der Waals surface area contributed by atoms with Gasteiger partial charge in [-0.2, -0.15) is 0 Å². The highest BCUT2D eigenvalue weighted by molar-refractivity contribution is 7.15. The molecule has 0 amide bonds. The van der Waals surface area contributed by atoms with Crippen LogP contribution < -0.4 is 5.56 Å². The topological polar surface area (TPSA) is 74.2 Å². The Labute approximate surface area is 173 Å². The Morgan fingerprint density at radius 2 is 2.03 bits per heavy atom. The molecule has 5 rings (SSSR count). The molecule has 0 spiro atoms. The monoisotopic (exact) mass is 405 g/mol. The maximum atomic E-state index is 12.7. The first-order valence-corrected chi connectivity index (χ1v) is 11.0. The second kappa shape index (κ2) is 8.00. The van der Waals surface area contributed by atoms with Crippen molar-refractivity contribution in [3.63, 3.8) is 0 Å². The summed E-state index contributed by atoms with van der Waals surface area (Å²) in [5.74, 6) is 0.678. The molecule has 29 heavy (non-hydrogen) atoms. The molecule has 0 atom stereocenters. The summed E-state index contributed by atoms with van der Waals surface area (Å²) in [6.07, 6.45) is 5.90. The number of aromatic amines is 1. The van der Waals surface area contributed by atoms with Crippen LogP contribution in [0.1, 0.15) is 41.2 Å². The molecule has 0 fully saturated rings. The summed E-state index contributed by atoms with van der Waals surface area (Å²) in [5, 5.41) is 1.04. The van der Waals surface area contributed by atoms with Crippen molar-refractivity contribution in [3.05, 3.63) is 68.8 Å². The lowest BCUT2D eigenvalue weighted by atomic mass is 10.1. The molecule has 0 saturated heterocycles. The van der Waals surface area contributed by atoms with E-state index in [4.69, 9.17) is 4.98 Å². The molecule has 7 heteroatoms. The number of nitrogens with zero attached hydrogens (tertiary/aromatic N) is 4. The van der Waals surface area contributed by atoms with E-state index in [2.05, 4.69) is 32.0 Å². The zero-order valence-corrected chi connectivity index (χ0v) is 17.0. The third-order valence-corrected chi connectivity index (χ3v) is 6.53. The fraction of sp³-hybridized carbons (Fsp3) is 0.364. The van der Waals surface area contributed by atoms with Crippen molar-refractivity contribution in [3.8, 4) is 10.6 Å². The Morgan fingerprint density at radius 3 is 2.86 bits per heavy atom. The number of H-pyrrole nitrogens is 1. The van der Waals surface area contributed by atoms with Crippen LogP contribution in [0.2, 0.25) is 0 Å². The number of hydrogen-bond donors (Lipinski definition) is 1. The maximum absolute atomic E-state index is 12.7. The Bertz CT molecular complexity index is 1100. The predicted molar refractivity (Wildman–Crippen MR) is 115 cm³/mol. The maximum Gasteiger partial charge on any atom is 0.255 e. The molecule has 1 aromatic carbocycles. The highest BCUT2D eigenvalue weighted by Gasteiger charge is 2.23. The van der Waals surface area contributed by atoms with Gasteiger partial charge in [-0.05, 0) is 19.3 Å². The predicted octanol–water partition coefficient (Wildman–Crippen LogP) is 3.42. The van der Waals surface area contributed by atoms with Gasteiger partial charge in [-0.1, -0.05) is 30.3 Å². The Kier molecular flexibility index (Phi) is 5.08. The zero-order valence-electron chi connectivity index (χ0n) is 16.2. The molecular formula is C22H23N5OS. The van der Waals surface area contributed by atoms with Gasteiger partial charge in [-0.15, -0.1) is 11.3 Å². The van der Waals surface area contributed by atoms with Crippen LogP contribution in [0.15, 0.2) is 46.3 Å². The molecule has 3 aromatic rings. The van der Waals surface area contributed by atoms with E-state index >= 15 is 0 Å². The second-order valence-electron chi connectivity index (χ2n) is 7.58. The van der Waals surface area contributed by atoms with Gasteiger partial charge in [0, 0.05) is 49.2 Å². The van der Waals surface area contributed by atoms with Crippen molar-refractivity contribution in [2.75, 3.05) is 13.1 Å². The van der Waals surface area contributed by atoms with Crippen molar-refractivity contribution in [2.24, 2.45) is 4.99 Å². The molecule has 0 aliphatic carbocycles. The van der Waals surface area contributed by atoms with Gasteiger partial charge in [0.2, 0.25) is 0 Å². The molecule has 1 N–H and O–H groups in total. The summed E-state index contributed by atoms with van der Waals surface area (Å²) >= 11 is 1.72. The van der Waals surface area contributed by atoms with Gasteiger partial charge < -0.3 is 4.98 Å². The number of aliphatic imine (C=N–C) groups is 1. The third kappa shape index (κ3) is 3.93. The molecule has 2 aliphatic rings. The van der Waals surface area contributed by atoms with Crippen molar-refractivity contribution in [2.45, 2.75) is 38.8 Å². The number of fused-ring (bicyclic) bond motifs is 1. The summed E-state index contributed by atoms with van der Waals surface area (Å²) in [5.41, 5.74) is 3.81. The Balaban J connectivity index is 1.32. The summed E-state index contributed by atoms with van der Waals surface area (Å²) in [4.78, 5) is 33.1. The number of thiazole rings is 1. The lowest BCUT2D eigenvalue weighted by Crippen LogP contribution is -2.36. The molecular weight excluding hydrogens is 382 g/mol. The van der Waals surface area contributed by atoms with Gasteiger partial charge in [-0.25, -0.2) is 9.97 Å². The van der Waals surface area contributed by atoms with E-state index in [0.29, 0.717) is 12.4 Å². The van der Waals surface area contributed by atoms with Gasteiger partial charge >= 0.3 is 0 Å². The third-order valence-electron chi connectivity index (χ3n) is 5.50. The fourth-order valence-corrected chi connectivity index (χ4v) is 4.92. The first kappa shape index (κ1) is 18.4. The summed E-state index contributed by atoms with van der Waals surface area (Å²) in [7, 11) is 0. The lowest BCUT2D eigenvalue weighted by Gasteiger charge is -2.27. The van der Waals surface area contributed by atoms with Crippen LogP contribution in [-0.2, 0) is 19.5 Å². The molecule has 0 bridgehead atoms. The number of benzene rings is 1. The van der Waals surface area contributed by atoms with E-state index in [-0.39, 0.29) is 5.56 Å². The largest absolute Gasteiger partial charge is 0.305 e. The SMILES string of the molecule is O=c1[nH]c(C2=NCCCC2)nc2c1CN(Cc1cnc(-c3ccccc3)s1)CC2. The highest BCUT2D eigenvalue weighted by atomic mass is 32.1. The average molecular weight is 406 g/mol. The van der Waals surface area contributed by atoms with Gasteiger partial charge in [-0.3, -0.25) is 14.7 Å². The van der Waals surface area contributed by atoms with E-state index in [9.17, 15) is 4.79 Å². The minimum absolute atomic E-state index is 0.0164. The molecule has 0 radical (unpaired) electrons. The van der Waals surface area contributed by atoms with E-state index in [0.717, 1.165) is 72.9 Å². The normalized spacial score (nSPS) is 17.0. The number of nitrogens with one attached hydrogen (secondary N) is 1. The first-order chi connectivity index (χ1) is 14.3. The van der Waals surface area contributed by atoms with Crippen molar-refractivity contribution >= 4 is 17.0 Å². The first-order valence-electron chi connectivity index (χ1n) is 10.1. The summed E-state index contributed by atoms with van der Waals surface area (Å²) in [6.45, 7) is 3.17. The number of rotatable bonds is 4. The van der Waals surface area contributed by atoms with Gasteiger partial charge in [0.15, 0.2) is 5.82 Å². The van der Waals surface area contributed by atoms with Gasteiger partial charge in [0.1, 0.15) is 5.01 Å². The standard InChI is InChI=1S/C22H23N5OS/c28-21-17-14-27(13-16-12-24-22(29-16)15-6-2-1-3-7-15)11-9-18(17)25-20(26-21)19-8-4-5-10-23-19/h1-3,6-7,12H,4-5,8-11,13-14H2,(H,25,26,28). The van der Waals surface area contributed by atoms with Crippen LogP contribution in [0.25, 0.3) is 10.6 Å². The molecule has 2 aromatic heterocycles. The van der Waals surface area contributed by atoms with E-state index in [1.54, 1.807) is 11.3 Å². The minimum atomic E-state index is -0.0164.